The number of ether oxygens (including phenoxy) is 1. The van der Waals surface area contributed by atoms with E-state index >= 15 is 0 Å². The van der Waals surface area contributed by atoms with Gasteiger partial charge in [-0.25, -0.2) is 9.78 Å². The zero-order chi connectivity index (χ0) is 17.4. The van der Waals surface area contributed by atoms with Crippen molar-refractivity contribution in [1.82, 2.24) is 19.8 Å². The third kappa shape index (κ3) is 2.68. The number of piperazine rings is 1. The van der Waals surface area contributed by atoms with Gasteiger partial charge in [0.1, 0.15) is 5.82 Å². The van der Waals surface area contributed by atoms with Gasteiger partial charge >= 0.3 is 5.97 Å². The molecule has 1 saturated heterocycles. The number of carbonyl (C=O) groups excluding carboxylic acids is 1. The molecule has 0 unspecified atom stereocenters. The van der Waals surface area contributed by atoms with Crippen molar-refractivity contribution in [2.24, 2.45) is 0 Å². The summed E-state index contributed by atoms with van der Waals surface area (Å²) in [6, 6.07) is 7.95. The normalized spacial score (nSPS) is 15.8. The first-order valence-electron chi connectivity index (χ1n) is 8.56. The van der Waals surface area contributed by atoms with Crippen molar-refractivity contribution in [1.29, 1.82) is 0 Å². The number of esters is 1. The molecule has 3 heterocycles. The van der Waals surface area contributed by atoms with Gasteiger partial charge in [0.15, 0.2) is 5.65 Å². The second-order valence-electron chi connectivity index (χ2n) is 6.29. The van der Waals surface area contributed by atoms with E-state index in [1.54, 1.807) is 11.4 Å². The number of hydrogen-bond donors (Lipinski definition) is 1. The molecule has 0 radical (unpaired) electrons. The minimum atomic E-state index is -0.492. The Hall–Kier alpha value is -2.74. The first-order chi connectivity index (χ1) is 12.2. The number of carbonyl (C=O) groups is 1. The fourth-order valence-corrected chi connectivity index (χ4v) is 3.22. The highest BCUT2D eigenvalue weighted by Gasteiger charge is 2.24. The fourth-order valence-electron chi connectivity index (χ4n) is 3.22. The second-order valence-corrected chi connectivity index (χ2v) is 6.29. The summed E-state index contributed by atoms with van der Waals surface area (Å²) >= 11 is 0. The Morgan fingerprint density at radius 3 is 2.80 bits per heavy atom. The molecule has 0 spiro atoms. The van der Waals surface area contributed by atoms with Crippen molar-refractivity contribution in [3.05, 3.63) is 30.0 Å². The summed E-state index contributed by atoms with van der Waals surface area (Å²) < 4.78 is 6.71. The number of fused-ring (bicyclic) bond motifs is 3. The SMILES string of the molecule is CCOC(=O)c1nnn2c1nc(N1CC[NH+](C)CC1)c1ccccc12. The Bertz CT molecular complexity index is 929. The number of nitrogens with one attached hydrogen (secondary N) is 1. The van der Waals surface area contributed by atoms with Crippen LogP contribution in [0, 0.1) is 0 Å². The summed E-state index contributed by atoms with van der Waals surface area (Å²) in [7, 11) is 2.20. The minimum absolute atomic E-state index is 0.161. The molecule has 1 fully saturated rings. The van der Waals surface area contributed by atoms with Gasteiger partial charge in [-0.15, -0.1) is 5.10 Å². The molecule has 0 atom stereocenters. The van der Waals surface area contributed by atoms with Crippen LogP contribution in [-0.2, 0) is 4.74 Å². The molecule has 0 saturated carbocycles. The monoisotopic (exact) mass is 341 g/mol. The average Bonchev–Trinajstić information content (AvgIpc) is 3.06. The number of rotatable bonds is 3. The van der Waals surface area contributed by atoms with Crippen molar-refractivity contribution in [3.63, 3.8) is 0 Å². The topological polar surface area (TPSA) is 77.1 Å². The molecule has 8 nitrogen and oxygen atoms in total. The number of hydrogen-bond acceptors (Lipinski definition) is 6. The standard InChI is InChI=1S/C17H20N6O2/c1-3-25-17(24)14-16-18-15(22-10-8-21(2)9-11-22)12-6-4-5-7-13(12)23(16)20-19-14/h4-7H,3,8-11H2,1-2H3/p+1. The summed E-state index contributed by atoms with van der Waals surface area (Å²) in [5.74, 6) is 0.387. The van der Waals surface area contributed by atoms with Gasteiger partial charge in [-0.05, 0) is 19.1 Å². The quantitative estimate of drug-likeness (QED) is 0.664. The van der Waals surface area contributed by atoms with Gasteiger partial charge in [0.2, 0.25) is 5.69 Å². The predicted octanol–water partition coefficient (Wildman–Crippen LogP) is -0.211. The van der Waals surface area contributed by atoms with Crippen LogP contribution in [0.5, 0.6) is 0 Å². The Morgan fingerprint density at radius 1 is 1.28 bits per heavy atom. The van der Waals surface area contributed by atoms with E-state index < -0.39 is 5.97 Å². The van der Waals surface area contributed by atoms with E-state index in [0.717, 1.165) is 42.9 Å². The smallest absolute Gasteiger partial charge is 0.362 e. The van der Waals surface area contributed by atoms with Crippen LogP contribution in [0.1, 0.15) is 17.4 Å². The lowest BCUT2D eigenvalue weighted by molar-refractivity contribution is -0.880. The van der Waals surface area contributed by atoms with Crippen molar-refractivity contribution in [3.8, 4) is 0 Å². The van der Waals surface area contributed by atoms with Gasteiger partial charge in [0, 0.05) is 5.39 Å². The molecule has 3 aromatic rings. The van der Waals surface area contributed by atoms with E-state index in [1.165, 1.54) is 4.90 Å². The highest BCUT2D eigenvalue weighted by Crippen LogP contribution is 2.26. The zero-order valence-electron chi connectivity index (χ0n) is 14.4. The lowest BCUT2D eigenvalue weighted by Crippen LogP contribution is -3.12. The first kappa shape index (κ1) is 15.8. The first-order valence-corrected chi connectivity index (χ1v) is 8.56. The lowest BCUT2D eigenvalue weighted by atomic mass is 10.2. The van der Waals surface area contributed by atoms with Crippen LogP contribution < -0.4 is 9.80 Å². The Balaban J connectivity index is 1.90. The van der Waals surface area contributed by atoms with Crippen molar-refractivity contribution >= 4 is 28.3 Å². The molecule has 1 aliphatic heterocycles. The number of likely N-dealkylation sites (N-methyl/N-ethyl adjacent to an activating group) is 1. The fraction of sp³-hybridized carbons (Fsp3) is 0.412. The van der Waals surface area contributed by atoms with Crippen LogP contribution in [0.2, 0.25) is 0 Å². The van der Waals surface area contributed by atoms with Crippen LogP contribution in [0.15, 0.2) is 24.3 Å². The zero-order valence-corrected chi connectivity index (χ0v) is 14.4. The summed E-state index contributed by atoms with van der Waals surface area (Å²) in [5.41, 5.74) is 1.49. The molecule has 2 aromatic heterocycles. The highest BCUT2D eigenvalue weighted by atomic mass is 16.5. The number of benzene rings is 1. The largest absolute Gasteiger partial charge is 0.461 e. The van der Waals surface area contributed by atoms with Gasteiger partial charge in [-0.1, -0.05) is 17.3 Å². The van der Waals surface area contributed by atoms with Gasteiger partial charge in [-0.2, -0.15) is 4.52 Å². The molecule has 0 aliphatic carbocycles. The van der Waals surface area contributed by atoms with Crippen LogP contribution in [0.4, 0.5) is 5.82 Å². The number of aromatic nitrogens is 4. The molecular formula is C17H21N6O2+. The third-order valence-electron chi connectivity index (χ3n) is 4.62. The number of nitrogens with zero attached hydrogens (tertiary/aromatic N) is 5. The lowest BCUT2D eigenvalue weighted by Gasteiger charge is -2.31. The number of anilines is 1. The molecule has 0 bridgehead atoms. The van der Waals surface area contributed by atoms with Crippen LogP contribution in [0.25, 0.3) is 16.6 Å². The minimum Gasteiger partial charge on any atom is -0.461 e. The van der Waals surface area contributed by atoms with E-state index in [4.69, 9.17) is 9.72 Å². The van der Waals surface area contributed by atoms with E-state index in [2.05, 4.69) is 22.3 Å². The second kappa shape index (κ2) is 6.29. The van der Waals surface area contributed by atoms with Crippen LogP contribution >= 0.6 is 0 Å². The summed E-state index contributed by atoms with van der Waals surface area (Å²) in [5, 5.41) is 9.15. The summed E-state index contributed by atoms with van der Waals surface area (Å²) in [6.45, 7) is 6.03. The Labute approximate surface area is 145 Å². The molecule has 8 heteroatoms. The van der Waals surface area contributed by atoms with Gasteiger partial charge < -0.3 is 14.5 Å². The maximum absolute atomic E-state index is 12.2. The maximum Gasteiger partial charge on any atom is 0.362 e. The molecular weight excluding hydrogens is 320 g/mol. The number of quaternary nitrogens is 1. The molecule has 130 valence electrons. The summed E-state index contributed by atoms with van der Waals surface area (Å²) in [6.07, 6.45) is 0. The molecule has 1 N–H and O–H groups in total. The molecule has 1 aliphatic rings. The van der Waals surface area contributed by atoms with E-state index in [9.17, 15) is 4.79 Å². The Morgan fingerprint density at radius 2 is 2.04 bits per heavy atom. The van der Waals surface area contributed by atoms with Crippen LogP contribution in [0.3, 0.4) is 0 Å². The van der Waals surface area contributed by atoms with Gasteiger partial charge in [0.25, 0.3) is 0 Å². The molecule has 0 amide bonds. The highest BCUT2D eigenvalue weighted by molar-refractivity contribution is 5.98. The van der Waals surface area contributed by atoms with Crippen molar-refractivity contribution in [2.75, 3.05) is 44.7 Å². The molecule has 25 heavy (non-hydrogen) atoms. The summed E-state index contributed by atoms with van der Waals surface area (Å²) in [4.78, 5) is 20.7. The number of para-hydroxylation sites is 1. The molecule has 1 aromatic carbocycles. The van der Waals surface area contributed by atoms with Crippen LogP contribution in [-0.4, -0.2) is 65.6 Å². The Kier molecular flexibility index (Phi) is 3.96. The third-order valence-corrected chi connectivity index (χ3v) is 4.62. The van der Waals surface area contributed by atoms with E-state index in [0.29, 0.717) is 12.3 Å². The van der Waals surface area contributed by atoms with Gasteiger partial charge in [-0.3, -0.25) is 0 Å². The average molecular weight is 341 g/mol. The molecule has 4 rings (SSSR count). The van der Waals surface area contributed by atoms with Crippen molar-refractivity contribution < 1.29 is 14.4 Å². The predicted molar refractivity (Wildman–Crippen MR) is 93.1 cm³/mol. The maximum atomic E-state index is 12.2. The van der Waals surface area contributed by atoms with E-state index in [1.807, 2.05) is 24.3 Å². The van der Waals surface area contributed by atoms with E-state index in [-0.39, 0.29) is 5.69 Å². The van der Waals surface area contributed by atoms with Crippen molar-refractivity contribution in [2.45, 2.75) is 6.92 Å². The van der Waals surface area contributed by atoms with Gasteiger partial charge in [0.05, 0.1) is 45.4 Å².